The number of aryl methyl sites for hydroxylation is 2. The van der Waals surface area contributed by atoms with Gasteiger partial charge in [-0.05, 0) is 79.3 Å². The van der Waals surface area contributed by atoms with E-state index in [1.165, 1.54) is 138 Å². The Morgan fingerprint density at radius 1 is 0.525 bits per heavy atom. The summed E-state index contributed by atoms with van der Waals surface area (Å²) < 4.78 is 78.0. The van der Waals surface area contributed by atoms with Gasteiger partial charge in [-0.1, -0.05) is 147 Å². The Morgan fingerprint density at radius 3 is 1.36 bits per heavy atom. The molecule has 4 aromatic rings. The van der Waals surface area contributed by atoms with E-state index in [2.05, 4.69) is 13.8 Å². The fraction of sp³-hybridized carbons (Fsp3) is 0.478. The van der Waals surface area contributed by atoms with E-state index in [-0.39, 0.29) is 59.0 Å². The van der Waals surface area contributed by atoms with Crippen molar-refractivity contribution >= 4 is 58.0 Å². The van der Waals surface area contributed by atoms with E-state index in [4.69, 9.17) is 9.47 Å². The van der Waals surface area contributed by atoms with E-state index in [9.17, 15) is 36.2 Å². The number of unbranched alkanes of at least 4 members (excludes halogenated alkanes) is 16. The minimum absolute atomic E-state index is 0. The average Bonchev–Trinajstić information content (AvgIpc) is 3.17. The number of aromatic hydroxyl groups is 1. The topological polar surface area (TPSA) is 173 Å². The van der Waals surface area contributed by atoms with Crippen LogP contribution in [-0.2, 0) is 33.1 Å². The van der Waals surface area contributed by atoms with Crippen molar-refractivity contribution in [2.24, 2.45) is 0 Å². The molecule has 0 atom stereocenters. The van der Waals surface area contributed by atoms with Crippen LogP contribution in [0.3, 0.4) is 0 Å². The van der Waals surface area contributed by atoms with Crippen molar-refractivity contribution in [2.75, 3.05) is 0 Å². The summed E-state index contributed by atoms with van der Waals surface area (Å²) in [5.74, 6) is 1.29. The van der Waals surface area contributed by atoms with Crippen LogP contribution >= 0.6 is 0 Å². The molecule has 0 saturated carbocycles. The Kier molecular flexibility index (Phi) is 25.4. The van der Waals surface area contributed by atoms with Crippen molar-refractivity contribution in [3.05, 3.63) is 96.1 Å². The first-order valence-corrected chi connectivity index (χ1v) is 23.8. The van der Waals surface area contributed by atoms with Crippen molar-refractivity contribution in [2.45, 2.75) is 152 Å². The summed E-state index contributed by atoms with van der Waals surface area (Å²) in [5, 5.41) is 21.1. The van der Waals surface area contributed by atoms with Gasteiger partial charge < -0.3 is 24.2 Å². The SMILES string of the molecule is CCCCCCCCCCCc1ccc(S(=O)(=O)O)cc1Oc1cccc(O)c1.CCCCCCCCCCCc1ccc(S(=O)(=O)[O-])cc1Oc1cccc([O-])c1.[Ca+2]. The molecule has 2 N–H and O–H groups in total. The van der Waals surface area contributed by atoms with Crippen LogP contribution in [0.5, 0.6) is 34.5 Å². The number of benzene rings is 4. The van der Waals surface area contributed by atoms with Gasteiger partial charge in [-0.25, -0.2) is 8.42 Å². The van der Waals surface area contributed by atoms with Crippen LogP contribution in [-0.4, -0.2) is 68.8 Å². The van der Waals surface area contributed by atoms with Crippen LogP contribution in [0, 0.1) is 0 Å². The van der Waals surface area contributed by atoms with E-state index in [0.717, 1.165) is 49.7 Å². The molecule has 0 bridgehead atoms. The summed E-state index contributed by atoms with van der Waals surface area (Å²) in [5.41, 5.74) is 1.71. The van der Waals surface area contributed by atoms with E-state index in [0.29, 0.717) is 23.0 Å². The molecule has 0 fully saturated rings. The van der Waals surface area contributed by atoms with Crippen LogP contribution in [0.2, 0.25) is 0 Å². The quantitative estimate of drug-likeness (QED) is 0.0351. The van der Waals surface area contributed by atoms with Gasteiger partial charge >= 0.3 is 37.7 Å². The number of phenols is 1. The third kappa shape index (κ3) is 21.5. The molecule has 10 nitrogen and oxygen atoms in total. The smallest absolute Gasteiger partial charge is 0.872 e. The Balaban J connectivity index is 0.000000400. The zero-order valence-corrected chi connectivity index (χ0v) is 38.8. The third-order valence-corrected chi connectivity index (χ3v) is 11.5. The van der Waals surface area contributed by atoms with Crippen molar-refractivity contribution in [1.82, 2.24) is 0 Å². The zero-order valence-electron chi connectivity index (χ0n) is 34.9. The number of hydrogen-bond acceptors (Lipinski definition) is 9. The maximum Gasteiger partial charge on any atom is 2.00 e. The van der Waals surface area contributed by atoms with Crippen LogP contribution in [0.15, 0.2) is 94.7 Å². The molecule has 0 aliphatic carbocycles. The molecule has 4 rings (SSSR count). The van der Waals surface area contributed by atoms with Gasteiger partial charge in [0, 0.05) is 12.1 Å². The van der Waals surface area contributed by atoms with Gasteiger partial charge in [-0.15, -0.1) is 5.75 Å². The van der Waals surface area contributed by atoms with Gasteiger partial charge in [0.2, 0.25) is 0 Å². The minimum Gasteiger partial charge on any atom is -0.872 e. The molecule has 0 unspecified atom stereocenters. The maximum absolute atomic E-state index is 11.5. The number of ether oxygens (including phenoxy) is 2. The molecule has 0 aliphatic heterocycles. The average molecular weight is 879 g/mol. The fourth-order valence-electron chi connectivity index (χ4n) is 6.58. The molecule has 0 radical (unpaired) electrons. The number of rotatable bonds is 26. The number of phenolic OH excluding ortho intramolecular Hbond substituents is 1. The molecule has 0 aliphatic rings. The number of hydrogen-bond donors (Lipinski definition) is 2. The Morgan fingerprint density at radius 2 is 0.932 bits per heavy atom. The van der Waals surface area contributed by atoms with Crippen molar-refractivity contribution in [1.29, 1.82) is 0 Å². The molecular formula is C46H62CaO10S2. The van der Waals surface area contributed by atoms with Crippen LogP contribution in [0.1, 0.15) is 141 Å². The van der Waals surface area contributed by atoms with Gasteiger partial charge in [0.15, 0.2) is 0 Å². The predicted molar refractivity (Wildman–Crippen MR) is 232 cm³/mol. The Labute approximate surface area is 383 Å². The van der Waals surface area contributed by atoms with E-state index < -0.39 is 20.2 Å². The van der Waals surface area contributed by atoms with Crippen molar-refractivity contribution in [3.63, 3.8) is 0 Å². The van der Waals surface area contributed by atoms with E-state index >= 15 is 0 Å². The normalized spacial score (nSPS) is 11.3. The second-order valence-corrected chi connectivity index (χ2v) is 17.6. The standard InChI is InChI=1S/2C23H32O5S.Ca/c2*1-2-3-4-5-6-7-8-9-10-12-19-15-16-22(29(25,26)27)18-23(19)28-21-14-11-13-20(24)17-21;/h2*11,13-18,24H,2-10,12H2,1H3,(H,25,26,27);/q;;+2/p-2. The summed E-state index contributed by atoms with van der Waals surface area (Å²) in [6, 6.07) is 20.9. The van der Waals surface area contributed by atoms with E-state index in [1.807, 2.05) is 0 Å². The first-order valence-electron chi connectivity index (χ1n) is 20.9. The summed E-state index contributed by atoms with van der Waals surface area (Å²) in [6.07, 6.45) is 23.4. The van der Waals surface area contributed by atoms with Crippen molar-refractivity contribution < 1.29 is 45.6 Å². The summed E-state index contributed by atoms with van der Waals surface area (Å²) in [7, 11) is -8.89. The van der Waals surface area contributed by atoms with Gasteiger partial charge in [0.25, 0.3) is 10.1 Å². The van der Waals surface area contributed by atoms with Crippen LogP contribution < -0.4 is 14.6 Å². The molecule has 59 heavy (non-hydrogen) atoms. The molecule has 0 aromatic heterocycles. The Hall–Kier alpha value is -2.84. The summed E-state index contributed by atoms with van der Waals surface area (Å²) in [4.78, 5) is -0.537. The maximum atomic E-state index is 11.5. The van der Waals surface area contributed by atoms with Gasteiger partial charge in [-0.3, -0.25) is 4.55 Å². The zero-order chi connectivity index (χ0) is 42.2. The molecule has 0 saturated heterocycles. The second kappa shape index (κ2) is 28.6. The van der Waals surface area contributed by atoms with E-state index in [1.54, 1.807) is 36.4 Å². The third-order valence-electron chi connectivity index (χ3n) is 9.84. The summed E-state index contributed by atoms with van der Waals surface area (Å²) in [6.45, 7) is 4.44. The van der Waals surface area contributed by atoms with Crippen molar-refractivity contribution in [3.8, 4) is 34.5 Å². The fourth-order valence-corrected chi connectivity index (χ4v) is 7.56. The molecule has 0 spiro atoms. The molecule has 320 valence electrons. The molecule has 13 heteroatoms. The van der Waals surface area contributed by atoms with Gasteiger partial charge in [-0.2, -0.15) is 8.42 Å². The Bertz CT molecular complexity index is 1870. The molecular weight excluding hydrogens is 817 g/mol. The van der Waals surface area contributed by atoms with Gasteiger partial charge in [0.1, 0.15) is 38.9 Å². The minimum atomic E-state index is -4.58. The molecule has 0 amide bonds. The van der Waals surface area contributed by atoms with Crippen LogP contribution in [0.4, 0.5) is 0 Å². The van der Waals surface area contributed by atoms with Gasteiger partial charge in [0.05, 0.1) is 9.79 Å². The second-order valence-electron chi connectivity index (χ2n) is 14.8. The van der Waals surface area contributed by atoms with Crippen LogP contribution in [0.25, 0.3) is 0 Å². The first kappa shape index (κ1) is 52.3. The largest absolute Gasteiger partial charge is 2.00 e. The summed E-state index contributed by atoms with van der Waals surface area (Å²) >= 11 is 0. The first-order chi connectivity index (χ1) is 27.8. The monoisotopic (exact) mass is 878 g/mol. The predicted octanol–water partition coefficient (Wildman–Crippen LogP) is 11.7. The molecule has 0 heterocycles. The molecule has 4 aromatic carbocycles.